The number of fused-ring (bicyclic) bond motifs is 1. The van der Waals surface area contributed by atoms with Crippen LogP contribution in [-0.4, -0.2) is 14.9 Å². The largest absolute Gasteiger partial charge is 0.381 e. The van der Waals surface area contributed by atoms with E-state index in [4.69, 9.17) is 11.6 Å². The molecule has 0 saturated carbocycles. The van der Waals surface area contributed by atoms with E-state index < -0.39 is 10.7 Å². The Labute approximate surface area is 175 Å². The quantitative estimate of drug-likeness (QED) is 0.306. The summed E-state index contributed by atoms with van der Waals surface area (Å²) in [6.07, 6.45) is 1.44. The van der Waals surface area contributed by atoms with Crippen molar-refractivity contribution in [1.82, 2.24) is 9.97 Å². The van der Waals surface area contributed by atoms with Crippen LogP contribution in [0.2, 0.25) is 5.02 Å². The van der Waals surface area contributed by atoms with Gasteiger partial charge in [-0.3, -0.25) is 10.1 Å². The molecule has 0 amide bonds. The van der Waals surface area contributed by atoms with Gasteiger partial charge in [-0.25, -0.2) is 14.4 Å². The number of nitrogens with one attached hydrogen (secondary N) is 2. The van der Waals surface area contributed by atoms with Gasteiger partial charge in [0.1, 0.15) is 18.0 Å². The van der Waals surface area contributed by atoms with Crippen molar-refractivity contribution in [2.24, 2.45) is 0 Å². The third-order valence-corrected chi connectivity index (χ3v) is 4.75. The summed E-state index contributed by atoms with van der Waals surface area (Å²) in [4.78, 5) is 18.9. The number of hydrogen-bond donors (Lipinski definition) is 2. The van der Waals surface area contributed by atoms with E-state index in [0.717, 1.165) is 22.2 Å². The summed E-state index contributed by atoms with van der Waals surface area (Å²) < 4.78 is 13.4. The first kappa shape index (κ1) is 19.5. The lowest BCUT2D eigenvalue weighted by Crippen LogP contribution is -2.01. The van der Waals surface area contributed by atoms with Crippen molar-refractivity contribution >= 4 is 45.4 Å². The van der Waals surface area contributed by atoms with Gasteiger partial charge in [-0.15, -0.1) is 0 Å². The highest BCUT2D eigenvalue weighted by atomic mass is 35.5. The van der Waals surface area contributed by atoms with E-state index in [1.54, 1.807) is 18.2 Å². The minimum absolute atomic E-state index is 0.0174. The highest BCUT2D eigenvalue weighted by Gasteiger charge is 2.08. The van der Waals surface area contributed by atoms with E-state index in [0.29, 0.717) is 18.1 Å². The van der Waals surface area contributed by atoms with Crippen molar-refractivity contribution in [1.29, 1.82) is 0 Å². The minimum atomic E-state index is -0.493. The number of rotatable bonds is 6. The Morgan fingerprint density at radius 1 is 1.00 bits per heavy atom. The van der Waals surface area contributed by atoms with Crippen molar-refractivity contribution in [3.63, 3.8) is 0 Å². The molecule has 0 bridgehead atoms. The molecular weight excluding hydrogens is 409 g/mol. The molecule has 4 rings (SSSR count). The van der Waals surface area contributed by atoms with E-state index in [9.17, 15) is 14.5 Å². The summed E-state index contributed by atoms with van der Waals surface area (Å²) in [5, 5.41) is 18.0. The van der Waals surface area contributed by atoms with Gasteiger partial charge in [0.25, 0.3) is 5.69 Å². The summed E-state index contributed by atoms with van der Waals surface area (Å²) in [6, 6.07) is 16.4. The molecule has 3 aromatic carbocycles. The number of hydrogen-bond acceptors (Lipinski definition) is 6. The maximum atomic E-state index is 13.4. The molecule has 0 spiro atoms. The summed E-state index contributed by atoms with van der Waals surface area (Å²) in [7, 11) is 0. The van der Waals surface area contributed by atoms with Crippen molar-refractivity contribution in [3.8, 4) is 0 Å². The Balaban J connectivity index is 1.56. The number of nitro groups is 1. The first-order valence-electron chi connectivity index (χ1n) is 8.93. The summed E-state index contributed by atoms with van der Waals surface area (Å²) in [5.41, 5.74) is 3.13. The molecule has 0 aliphatic heterocycles. The fourth-order valence-electron chi connectivity index (χ4n) is 2.92. The number of nitro benzene ring substituents is 1. The zero-order valence-electron chi connectivity index (χ0n) is 15.5. The zero-order valence-corrected chi connectivity index (χ0v) is 16.2. The van der Waals surface area contributed by atoms with Crippen LogP contribution in [0, 0.1) is 15.9 Å². The van der Waals surface area contributed by atoms with Crippen LogP contribution in [0.25, 0.3) is 10.9 Å². The van der Waals surface area contributed by atoms with E-state index in [1.165, 1.54) is 30.6 Å². The van der Waals surface area contributed by atoms with Crippen molar-refractivity contribution in [3.05, 3.63) is 93.5 Å². The number of nitrogens with zero attached hydrogens (tertiary/aromatic N) is 3. The Morgan fingerprint density at radius 3 is 2.50 bits per heavy atom. The molecule has 0 fully saturated rings. The highest BCUT2D eigenvalue weighted by Crippen LogP contribution is 2.28. The van der Waals surface area contributed by atoms with Gasteiger partial charge in [0.2, 0.25) is 0 Å². The Bertz CT molecular complexity index is 1230. The lowest BCUT2D eigenvalue weighted by atomic mass is 10.1. The monoisotopic (exact) mass is 423 g/mol. The fraction of sp³-hybridized carbons (Fsp3) is 0.0476. The van der Waals surface area contributed by atoms with Gasteiger partial charge in [-0.2, -0.15) is 0 Å². The molecular formula is C21H15ClFN5O2. The smallest absolute Gasteiger partial charge is 0.269 e. The second-order valence-electron chi connectivity index (χ2n) is 6.49. The molecule has 9 heteroatoms. The third kappa shape index (κ3) is 4.28. The van der Waals surface area contributed by atoms with Gasteiger partial charge in [0, 0.05) is 35.4 Å². The van der Waals surface area contributed by atoms with Crippen molar-refractivity contribution in [2.75, 3.05) is 10.6 Å². The molecule has 0 unspecified atom stereocenters. The van der Waals surface area contributed by atoms with Crippen molar-refractivity contribution in [2.45, 2.75) is 6.54 Å². The predicted octanol–water partition coefficient (Wildman–Crippen LogP) is 5.69. The normalized spacial score (nSPS) is 10.7. The van der Waals surface area contributed by atoms with Crippen molar-refractivity contribution < 1.29 is 9.31 Å². The minimum Gasteiger partial charge on any atom is -0.381 e. The molecule has 0 saturated heterocycles. The van der Waals surface area contributed by atoms with Gasteiger partial charge >= 0.3 is 0 Å². The summed E-state index contributed by atoms with van der Waals surface area (Å²) in [6.45, 7) is 0.494. The molecule has 1 aromatic heterocycles. The Kier molecular flexibility index (Phi) is 5.40. The third-order valence-electron chi connectivity index (χ3n) is 4.46. The van der Waals surface area contributed by atoms with Crippen LogP contribution >= 0.6 is 11.6 Å². The number of non-ortho nitro benzene ring substituents is 1. The van der Waals surface area contributed by atoms with E-state index in [-0.39, 0.29) is 10.7 Å². The predicted molar refractivity (Wildman–Crippen MR) is 115 cm³/mol. The lowest BCUT2D eigenvalue weighted by Gasteiger charge is -2.11. The topological polar surface area (TPSA) is 93.0 Å². The standard InChI is InChI=1S/C21H15ClFN5O2/c22-18-10-15(3-7-19(18)23)27-21-17-9-14(4-8-20(17)25-12-26-21)24-11-13-1-5-16(6-2-13)28(29)30/h1-10,12,24H,11H2,(H,25,26,27). The summed E-state index contributed by atoms with van der Waals surface area (Å²) in [5.74, 6) is 0.0640. The maximum Gasteiger partial charge on any atom is 0.269 e. The SMILES string of the molecule is O=[N+]([O-])c1ccc(CNc2ccc3ncnc(Nc4ccc(F)c(Cl)c4)c3c2)cc1. The average molecular weight is 424 g/mol. The second-order valence-corrected chi connectivity index (χ2v) is 6.89. The number of aromatic nitrogens is 2. The zero-order chi connectivity index (χ0) is 21.1. The maximum absolute atomic E-state index is 13.4. The molecule has 0 aliphatic rings. The van der Waals surface area contributed by atoms with Crippen LogP contribution in [0.15, 0.2) is 67.0 Å². The molecule has 0 radical (unpaired) electrons. The van der Waals surface area contributed by atoms with E-state index in [2.05, 4.69) is 20.6 Å². The summed E-state index contributed by atoms with van der Waals surface area (Å²) >= 11 is 5.85. The first-order valence-corrected chi connectivity index (χ1v) is 9.31. The van der Waals surface area contributed by atoms with E-state index >= 15 is 0 Å². The molecule has 0 atom stereocenters. The van der Waals surface area contributed by atoms with Gasteiger partial charge < -0.3 is 10.6 Å². The Hall–Kier alpha value is -3.78. The van der Waals surface area contributed by atoms with Crippen LogP contribution in [0.1, 0.15) is 5.56 Å². The van der Waals surface area contributed by atoms with Crippen LogP contribution in [-0.2, 0) is 6.54 Å². The van der Waals surface area contributed by atoms with Crippen LogP contribution in [0.5, 0.6) is 0 Å². The second kappa shape index (κ2) is 8.30. The molecule has 1 heterocycles. The van der Waals surface area contributed by atoms with Crippen LogP contribution in [0.3, 0.4) is 0 Å². The first-order chi connectivity index (χ1) is 14.5. The highest BCUT2D eigenvalue weighted by molar-refractivity contribution is 6.31. The molecule has 2 N–H and O–H groups in total. The molecule has 30 heavy (non-hydrogen) atoms. The fourth-order valence-corrected chi connectivity index (χ4v) is 3.10. The molecule has 150 valence electrons. The number of halogens is 2. The average Bonchev–Trinajstić information content (AvgIpc) is 2.75. The van der Waals surface area contributed by atoms with Gasteiger partial charge in [0.15, 0.2) is 0 Å². The van der Waals surface area contributed by atoms with Gasteiger partial charge in [-0.1, -0.05) is 23.7 Å². The molecule has 0 aliphatic carbocycles. The van der Waals surface area contributed by atoms with Gasteiger partial charge in [0.05, 0.1) is 15.5 Å². The van der Waals surface area contributed by atoms with Crippen LogP contribution in [0.4, 0.5) is 27.3 Å². The van der Waals surface area contributed by atoms with Crippen LogP contribution < -0.4 is 10.6 Å². The van der Waals surface area contributed by atoms with Gasteiger partial charge in [-0.05, 0) is 42.0 Å². The number of anilines is 3. The molecule has 4 aromatic rings. The number of benzene rings is 3. The lowest BCUT2D eigenvalue weighted by molar-refractivity contribution is -0.384. The Morgan fingerprint density at radius 2 is 1.77 bits per heavy atom. The molecule has 7 nitrogen and oxygen atoms in total. The van der Waals surface area contributed by atoms with E-state index in [1.807, 2.05) is 18.2 Å².